The number of ether oxygens (including phenoxy) is 4. The van der Waals surface area contributed by atoms with Gasteiger partial charge in [-0.25, -0.2) is 24.0 Å². The molecule has 0 bridgehead atoms. The number of nitrogens with one attached hydrogen (secondary N) is 7. The molecule has 2 heterocycles. The first-order chi connectivity index (χ1) is 42.5. The van der Waals surface area contributed by atoms with Gasteiger partial charge in [-0.3, -0.25) is 25.0 Å². The van der Waals surface area contributed by atoms with Gasteiger partial charge in [-0.05, 0) is 152 Å². The molecule has 532 valence electrons. The first kappa shape index (κ1) is 87.2. The molecule has 0 spiro atoms. The quantitative estimate of drug-likeness (QED) is 0.0327. The highest BCUT2D eigenvalue weighted by Gasteiger charge is 2.45. The first-order valence-electron chi connectivity index (χ1n) is 28.2. The predicted octanol–water partition coefficient (Wildman–Crippen LogP) is 11.6. The van der Waals surface area contributed by atoms with Crippen LogP contribution in [0.25, 0.3) is 0 Å². The lowest BCUT2D eigenvalue weighted by Crippen LogP contribution is -2.57. The molecule has 4 aromatic carbocycles. The molecule has 6 rings (SSSR count). The van der Waals surface area contributed by atoms with Crippen molar-refractivity contribution in [1.82, 2.24) is 31.5 Å². The Morgan fingerprint density at radius 1 is 0.547 bits per heavy atom. The van der Waals surface area contributed by atoms with E-state index in [4.69, 9.17) is 52.4 Å². The van der Waals surface area contributed by atoms with E-state index in [2.05, 4.69) is 31.9 Å². The molecule has 0 unspecified atom stereocenters. The van der Waals surface area contributed by atoms with Gasteiger partial charge in [-0.1, -0.05) is 81.9 Å². The number of benzene rings is 4. The van der Waals surface area contributed by atoms with Crippen LogP contribution >= 0.6 is 35.6 Å². The highest BCUT2D eigenvalue weighted by atomic mass is 35.5. The topological polar surface area (TPSA) is 322 Å². The molecule has 2 aliphatic rings. The van der Waals surface area contributed by atoms with E-state index in [1.54, 1.807) is 77.9 Å². The van der Waals surface area contributed by atoms with Crippen molar-refractivity contribution in [1.29, 1.82) is 0 Å². The summed E-state index contributed by atoms with van der Waals surface area (Å²) in [5.41, 5.74) is -3.79. The van der Waals surface area contributed by atoms with E-state index >= 15 is 0 Å². The number of carboxylic acid groups (broad SMARTS) is 1. The number of carbonyl (C=O) groups is 8. The molecular weight excluding hydrogens is 1330 g/mol. The largest absolute Gasteiger partial charge is 0.480 e. The van der Waals surface area contributed by atoms with Crippen LogP contribution in [0.5, 0.6) is 0 Å². The van der Waals surface area contributed by atoms with Crippen molar-refractivity contribution in [3.05, 3.63) is 129 Å². The summed E-state index contributed by atoms with van der Waals surface area (Å²) in [6.07, 6.45) is -11.6. The lowest BCUT2D eigenvalue weighted by molar-refractivity contribution is -0.144. The first-order valence-corrected chi connectivity index (χ1v) is 28.9. The number of nitrogens with zero attached hydrogens (tertiary/aromatic N) is 1. The Morgan fingerprint density at radius 2 is 0.895 bits per heavy atom. The predicted molar refractivity (Wildman–Crippen MR) is 348 cm³/mol. The van der Waals surface area contributed by atoms with Crippen LogP contribution in [0, 0.1) is 10.8 Å². The Labute approximate surface area is 564 Å². The SMILES string of the molecule is C.C.C.CC(C)(C)OC(=O)N[C@@H](CO)C(=O)N1CCC(COC(=O)Nc2ccc(C(F)(F)F)cc2)(C(=O)NCc2ccccc2Cl)CC1.CC(C)(C)OC(=O)N[C@@H](CO)C(=O)O.Cl.O=C(Nc1ccc(C(F)(F)F)cc1)OCC1(C(=O)NCc2ccccc2Cl)CCNCC1. The van der Waals surface area contributed by atoms with Gasteiger partial charge in [0.1, 0.15) is 30.5 Å². The Bertz CT molecular complexity index is 3110. The Kier molecular flexibility index (Phi) is 36.0. The third kappa shape index (κ3) is 29.4. The second kappa shape index (κ2) is 39.3. The average molecular weight is 1420 g/mol. The monoisotopic (exact) mass is 1410 g/mol. The van der Waals surface area contributed by atoms with Crippen molar-refractivity contribution in [2.45, 2.75) is 138 Å². The molecule has 0 saturated carbocycles. The van der Waals surface area contributed by atoms with Gasteiger partial charge in [-0.2, -0.15) is 26.3 Å². The van der Waals surface area contributed by atoms with Gasteiger partial charge in [0, 0.05) is 47.6 Å². The number of carbonyl (C=O) groups excluding carboxylic acids is 7. The third-order valence-electron chi connectivity index (χ3n) is 13.6. The number of halogens is 9. The number of rotatable bonds is 18. The van der Waals surface area contributed by atoms with Gasteiger partial charge in [0.15, 0.2) is 6.04 Å². The average Bonchev–Trinajstić information content (AvgIpc) is 0.814. The lowest BCUT2D eigenvalue weighted by atomic mass is 9.78. The zero-order chi connectivity index (χ0) is 68.0. The van der Waals surface area contributed by atoms with Gasteiger partial charge < -0.3 is 65.8 Å². The number of hydrogen-bond acceptors (Lipinski definition) is 15. The van der Waals surface area contributed by atoms with Gasteiger partial charge in [0.05, 0.1) is 35.2 Å². The van der Waals surface area contributed by atoms with Gasteiger partial charge >= 0.3 is 42.7 Å². The van der Waals surface area contributed by atoms with Crippen molar-refractivity contribution >= 4 is 95.0 Å². The fourth-order valence-electron chi connectivity index (χ4n) is 8.64. The second-order valence-electron chi connectivity index (χ2n) is 22.8. The maximum atomic E-state index is 13.6. The van der Waals surface area contributed by atoms with Crippen LogP contribution in [0.2, 0.25) is 10.0 Å². The molecule has 23 nitrogen and oxygen atoms in total. The zero-order valence-corrected chi connectivity index (χ0v) is 53.2. The Hall–Kier alpha value is -7.83. The van der Waals surface area contributed by atoms with Crippen molar-refractivity contribution in [2.75, 3.05) is 63.2 Å². The minimum Gasteiger partial charge on any atom is -0.480 e. The maximum Gasteiger partial charge on any atom is 0.416 e. The molecule has 2 aliphatic heterocycles. The van der Waals surface area contributed by atoms with E-state index in [1.807, 2.05) is 17.4 Å². The number of aliphatic hydroxyl groups excluding tert-OH is 2. The number of likely N-dealkylation sites (tertiary alicyclic amines) is 1. The zero-order valence-electron chi connectivity index (χ0n) is 50.9. The molecule has 2 fully saturated rings. The maximum absolute atomic E-state index is 13.6. The molecule has 2 atom stereocenters. The Balaban J connectivity index is 0.00000154. The van der Waals surface area contributed by atoms with Crippen LogP contribution in [-0.2, 0) is 63.6 Å². The number of aliphatic hydroxyl groups is 2. The summed E-state index contributed by atoms with van der Waals surface area (Å²) in [7, 11) is 0. The van der Waals surface area contributed by atoms with E-state index in [0.717, 1.165) is 54.1 Å². The Morgan fingerprint density at radius 3 is 1.22 bits per heavy atom. The van der Waals surface area contributed by atoms with Crippen LogP contribution < -0.4 is 37.2 Å². The summed E-state index contributed by atoms with van der Waals surface area (Å²) in [6, 6.07) is 19.2. The van der Waals surface area contributed by atoms with Gasteiger partial charge in [-0.15, -0.1) is 12.4 Å². The minimum absolute atomic E-state index is 0. The van der Waals surface area contributed by atoms with E-state index in [9.17, 15) is 69.8 Å². The number of carboxylic acids is 1. The van der Waals surface area contributed by atoms with Crippen molar-refractivity contribution in [2.24, 2.45) is 10.8 Å². The fraction of sp³-hybridized carbons (Fsp3) is 0.492. The number of hydrogen-bond donors (Lipinski definition) is 10. The molecule has 0 radical (unpaired) electrons. The van der Waals surface area contributed by atoms with E-state index in [1.165, 1.54) is 4.90 Å². The number of alkyl carbamates (subject to hydrolysis) is 2. The number of amides is 7. The minimum atomic E-state index is -4.54. The fourth-order valence-corrected chi connectivity index (χ4v) is 9.04. The molecule has 0 aromatic heterocycles. The summed E-state index contributed by atoms with van der Waals surface area (Å²) in [5, 5.41) is 45.8. The van der Waals surface area contributed by atoms with Crippen molar-refractivity contribution in [3.8, 4) is 0 Å². The summed E-state index contributed by atoms with van der Waals surface area (Å²) >= 11 is 12.4. The lowest BCUT2D eigenvalue weighted by Gasteiger charge is -2.41. The van der Waals surface area contributed by atoms with Crippen molar-refractivity contribution in [3.63, 3.8) is 0 Å². The highest BCUT2D eigenvalue weighted by molar-refractivity contribution is 6.31. The normalized spacial score (nSPS) is 14.5. The number of anilines is 2. The molecular formula is C63H87Cl3F6N8O15. The standard InChI is InChI=1S/C30H36ClF3N4O7.C22H23ClF3N3O3.C8H15NO5.3CH4.ClH/c1-28(2,3)45-27(43)37-23(17-39)24(40)38-14-12-29(13-15-38,25(41)35-16-19-6-4-5-7-22(19)31)18-44-26(42)36-21-10-8-20(9-11-21)30(32,33)34;23-18-4-2-1-3-15(18)13-28-19(30)21(9-11-27-12-10-21)14-32-20(31)29-17-7-5-16(6-8-17)22(24,25)26;1-8(2,3)14-7(13)9-5(4-10)6(11)12;;;;/h4-11,23,39H,12-18H2,1-3H3,(H,35,41)(H,36,42)(H,37,43);1-8,27H,9-14H2,(H,28,30)(H,29,31);5,10H,4H2,1-3H3,(H,9,13)(H,11,12);3*1H4;1H/t23-;;5-;;;;/m0.0..../s1. The van der Waals surface area contributed by atoms with Crippen LogP contribution in [0.4, 0.5) is 56.9 Å². The third-order valence-corrected chi connectivity index (χ3v) is 14.3. The van der Waals surface area contributed by atoms with Gasteiger partial charge in [0.2, 0.25) is 17.7 Å². The molecule has 0 aliphatic carbocycles. The summed E-state index contributed by atoms with van der Waals surface area (Å²) < 4.78 is 97.2. The number of aliphatic carboxylic acids is 1. The van der Waals surface area contributed by atoms with Crippen molar-refractivity contribution < 1.29 is 99.0 Å². The van der Waals surface area contributed by atoms with E-state index in [0.29, 0.717) is 41.5 Å². The summed E-state index contributed by atoms with van der Waals surface area (Å²) in [5.74, 6) is -2.61. The van der Waals surface area contributed by atoms with Crippen LogP contribution in [0.3, 0.4) is 0 Å². The highest BCUT2D eigenvalue weighted by Crippen LogP contribution is 2.35. The molecule has 95 heavy (non-hydrogen) atoms. The van der Waals surface area contributed by atoms with Crippen LogP contribution in [0.15, 0.2) is 97.1 Å². The summed E-state index contributed by atoms with van der Waals surface area (Å²) in [4.78, 5) is 99.5. The summed E-state index contributed by atoms with van der Waals surface area (Å²) in [6.45, 7) is 9.52. The van der Waals surface area contributed by atoms with Crippen LogP contribution in [-0.4, -0.2) is 144 Å². The van der Waals surface area contributed by atoms with E-state index < -0.39 is 120 Å². The van der Waals surface area contributed by atoms with E-state index in [-0.39, 0.29) is 97.6 Å². The molecule has 32 heteroatoms. The number of piperidine rings is 2. The second-order valence-corrected chi connectivity index (χ2v) is 23.7. The molecule has 7 amide bonds. The van der Waals surface area contributed by atoms with Gasteiger partial charge in [0.25, 0.3) is 0 Å². The molecule has 10 N–H and O–H groups in total. The smallest absolute Gasteiger partial charge is 0.416 e. The molecule has 4 aromatic rings. The molecule has 2 saturated heterocycles. The van der Waals surface area contributed by atoms with Crippen LogP contribution in [0.1, 0.15) is 112 Å². The number of alkyl halides is 6.